The number of hydrogen-bond acceptors (Lipinski definition) is 16. The quantitative estimate of drug-likeness (QED) is 0.0510. The number of aliphatic hydroxyl groups is 3. The van der Waals surface area contributed by atoms with E-state index in [9.17, 15) is 61.6 Å². The highest BCUT2D eigenvalue weighted by molar-refractivity contribution is 8.16. The molecule has 3 fully saturated rings. The molecule has 0 aromatic heterocycles. The number of ether oxygens (including phenoxy) is 4. The highest BCUT2D eigenvalue weighted by atomic mass is 35.5. The third-order valence-corrected chi connectivity index (χ3v) is 15.7. The molecule has 9 rings (SSSR count). The number of thioether (sulfide) groups is 3. The smallest absolute Gasteiger partial charge is 0.491 e. The molecular formula is C59H55ClF4O13S3. The van der Waals surface area contributed by atoms with Crippen LogP contribution in [-0.4, -0.2) is 89.9 Å². The molecule has 3 heterocycles. The van der Waals surface area contributed by atoms with Crippen LogP contribution in [-0.2, 0) is 48.0 Å². The van der Waals surface area contributed by atoms with Crippen LogP contribution in [0.15, 0.2) is 146 Å². The monoisotopic (exact) mass is 1180 g/mol. The summed E-state index contributed by atoms with van der Waals surface area (Å²) < 4.78 is 70.5. The average Bonchev–Trinajstić information content (AvgIpc) is 4.05. The van der Waals surface area contributed by atoms with Crippen molar-refractivity contribution in [1.82, 2.24) is 0 Å². The van der Waals surface area contributed by atoms with E-state index in [4.69, 9.17) is 25.8 Å². The standard InChI is InChI=1S/C20H17F3O5S.C19H17ClO4S.C19H17FO4S.CH4/c21-20(22,23)28-15-7-3-13(4-8-15)17(25)11-27-14-5-1-12(2-6-14)9-18-16(24)10-19(26)29-18;20-14-5-3-13(4-6-14)17(22)11-24-15-7-1-12(2-8-15)9-18-16(21)10-19(23)25-18;20-15-4-2-1-3-14(15)17(22)11-24-13-7-5-12(6-8-13)9-18-16(21)10-19(23)25-18;/h1-8,17-18,25H,9-11H2;2*1-8,17-18,22H,9-11H2;1H4/t3*17-,18?;/m000./s1. The molecule has 0 spiro atoms. The van der Waals surface area contributed by atoms with Gasteiger partial charge in [0.15, 0.2) is 32.7 Å². The molecule has 6 atom stereocenters. The second kappa shape index (κ2) is 29.8. The molecule has 21 heteroatoms. The first-order valence-corrected chi connectivity index (χ1v) is 27.5. The van der Waals surface area contributed by atoms with Crippen molar-refractivity contribution in [3.8, 4) is 23.0 Å². The topological polar surface area (TPSA) is 200 Å². The van der Waals surface area contributed by atoms with Gasteiger partial charge in [-0.1, -0.05) is 133 Å². The maximum atomic E-state index is 13.6. The summed E-state index contributed by atoms with van der Waals surface area (Å²) in [7, 11) is 0. The molecular weight excluding hydrogens is 1120 g/mol. The molecule has 13 nitrogen and oxygen atoms in total. The zero-order chi connectivity index (χ0) is 56.6. The minimum atomic E-state index is -4.77. The van der Waals surface area contributed by atoms with Gasteiger partial charge >= 0.3 is 6.36 Å². The maximum absolute atomic E-state index is 13.6. The van der Waals surface area contributed by atoms with Crippen LogP contribution >= 0.6 is 46.9 Å². The van der Waals surface area contributed by atoms with Crippen molar-refractivity contribution in [2.45, 2.75) is 86.4 Å². The Bertz CT molecular complexity index is 3060. The van der Waals surface area contributed by atoms with Crippen molar-refractivity contribution in [3.63, 3.8) is 0 Å². The molecule has 6 aromatic rings. The lowest BCUT2D eigenvalue weighted by atomic mass is 10.1. The summed E-state index contributed by atoms with van der Waals surface area (Å²) in [5.74, 6) is 0.748. The SMILES string of the molecule is C.O=C1CC(=O)C(Cc2ccc(OC[C@H](O)c3ccc(Cl)cc3)cc2)S1.O=C1CC(=O)C(Cc2ccc(OC[C@H](O)c3ccc(OC(F)(F)F)cc3)cc2)S1.O=C1CC(=O)C(Cc2ccc(OC[C@H](O)c3ccccc3F)cc2)S1. The zero-order valence-corrected chi connectivity index (χ0v) is 44.9. The number of halogens is 5. The summed E-state index contributed by atoms with van der Waals surface area (Å²) in [5, 5.41) is 29.8. The van der Waals surface area contributed by atoms with Crippen LogP contribution in [0.4, 0.5) is 17.6 Å². The Labute approximate surface area is 476 Å². The summed E-state index contributed by atoms with van der Waals surface area (Å²) in [6.45, 7) is -0.0253. The van der Waals surface area contributed by atoms with E-state index >= 15 is 0 Å². The minimum absolute atomic E-state index is 0. The Morgan fingerprint density at radius 3 is 1.12 bits per heavy atom. The summed E-state index contributed by atoms with van der Waals surface area (Å²) >= 11 is 9.11. The molecule has 0 amide bonds. The van der Waals surface area contributed by atoms with E-state index in [0.717, 1.165) is 69.7 Å². The number of carbonyl (C=O) groups is 6. The van der Waals surface area contributed by atoms with Crippen LogP contribution < -0.4 is 18.9 Å². The normalized spacial score (nSPS) is 18.0. The first kappa shape index (κ1) is 62.7. The Kier molecular flexibility index (Phi) is 23.3. The largest absolute Gasteiger partial charge is 0.573 e. The molecule has 422 valence electrons. The Balaban J connectivity index is 0.000000193. The summed E-state index contributed by atoms with van der Waals surface area (Å²) in [4.78, 5) is 68.9. The van der Waals surface area contributed by atoms with E-state index < -0.39 is 30.5 Å². The van der Waals surface area contributed by atoms with Crippen molar-refractivity contribution in [2.75, 3.05) is 19.8 Å². The van der Waals surface area contributed by atoms with Crippen LogP contribution in [0.1, 0.15) is 78.4 Å². The summed E-state index contributed by atoms with van der Waals surface area (Å²) in [5.41, 5.74) is 4.12. The minimum Gasteiger partial charge on any atom is -0.491 e. The van der Waals surface area contributed by atoms with Crippen LogP contribution in [0.3, 0.4) is 0 Å². The number of hydrogen-bond donors (Lipinski definition) is 3. The molecule has 0 bridgehead atoms. The van der Waals surface area contributed by atoms with Gasteiger partial charge in [0.25, 0.3) is 0 Å². The van der Waals surface area contributed by atoms with Gasteiger partial charge in [0.2, 0.25) is 0 Å². The van der Waals surface area contributed by atoms with Crippen LogP contribution in [0.5, 0.6) is 23.0 Å². The number of benzene rings is 6. The average molecular weight is 1180 g/mol. The van der Waals surface area contributed by atoms with E-state index in [0.29, 0.717) is 47.1 Å². The first-order valence-electron chi connectivity index (χ1n) is 24.4. The van der Waals surface area contributed by atoms with Gasteiger partial charge in [-0.15, -0.1) is 13.2 Å². The van der Waals surface area contributed by atoms with Gasteiger partial charge in [0, 0.05) is 10.6 Å². The number of ketones is 3. The molecule has 3 N–H and O–H groups in total. The number of carbonyl (C=O) groups excluding carboxylic acids is 6. The van der Waals surface area contributed by atoms with E-state index in [1.807, 2.05) is 24.3 Å². The molecule has 0 aliphatic carbocycles. The molecule has 3 aliphatic heterocycles. The van der Waals surface area contributed by atoms with Crippen LogP contribution in [0, 0.1) is 5.82 Å². The lowest BCUT2D eigenvalue weighted by Gasteiger charge is -2.14. The molecule has 80 heavy (non-hydrogen) atoms. The van der Waals surface area contributed by atoms with Crippen molar-refractivity contribution >= 4 is 79.6 Å². The van der Waals surface area contributed by atoms with Gasteiger partial charge in [0.05, 0.1) is 35.0 Å². The van der Waals surface area contributed by atoms with Gasteiger partial charge in [-0.05, 0) is 114 Å². The highest BCUT2D eigenvalue weighted by Crippen LogP contribution is 2.32. The van der Waals surface area contributed by atoms with Gasteiger partial charge in [-0.2, -0.15) is 0 Å². The molecule has 3 aliphatic rings. The van der Waals surface area contributed by atoms with Crippen LogP contribution in [0.2, 0.25) is 5.02 Å². The molecule has 3 unspecified atom stereocenters. The lowest BCUT2D eigenvalue weighted by molar-refractivity contribution is -0.274. The predicted molar refractivity (Wildman–Crippen MR) is 298 cm³/mol. The maximum Gasteiger partial charge on any atom is 0.573 e. The first-order chi connectivity index (χ1) is 37.7. The number of Topliss-reactive ketones (excluding diaryl/α,β-unsaturated/α-hetero) is 3. The fourth-order valence-electron chi connectivity index (χ4n) is 7.97. The van der Waals surface area contributed by atoms with E-state index in [1.54, 1.807) is 84.9 Å². The third-order valence-electron chi connectivity index (χ3n) is 12.1. The lowest BCUT2D eigenvalue weighted by Crippen LogP contribution is -2.17. The van der Waals surface area contributed by atoms with Gasteiger partial charge < -0.3 is 34.3 Å². The second-order valence-electron chi connectivity index (χ2n) is 18.1. The van der Waals surface area contributed by atoms with Crippen molar-refractivity contribution in [1.29, 1.82) is 0 Å². The number of rotatable bonds is 19. The van der Waals surface area contributed by atoms with E-state index in [1.165, 1.54) is 24.3 Å². The highest BCUT2D eigenvalue weighted by Gasteiger charge is 2.34. The fourth-order valence-corrected chi connectivity index (χ4v) is 11.2. The summed E-state index contributed by atoms with van der Waals surface area (Å²) in [6.07, 6.45) is -6.04. The molecule has 0 radical (unpaired) electrons. The molecule has 0 saturated carbocycles. The molecule has 3 saturated heterocycles. The second-order valence-corrected chi connectivity index (χ2v) is 22.3. The van der Waals surface area contributed by atoms with Crippen LogP contribution in [0.25, 0.3) is 0 Å². The Hall–Kier alpha value is -6.52. The van der Waals surface area contributed by atoms with E-state index in [2.05, 4.69) is 4.74 Å². The number of aliphatic hydroxyl groups excluding tert-OH is 3. The fraction of sp³-hybridized carbons (Fsp3) is 0.288. The predicted octanol–water partition coefficient (Wildman–Crippen LogP) is 11.2. The molecule has 6 aromatic carbocycles. The number of alkyl halides is 3. The summed E-state index contributed by atoms with van der Waals surface area (Å²) in [6, 6.07) is 39.3. The van der Waals surface area contributed by atoms with Gasteiger partial charge in [-0.25, -0.2) is 4.39 Å². The van der Waals surface area contributed by atoms with E-state index in [-0.39, 0.29) is 106 Å². The Morgan fingerprint density at radius 2 is 0.800 bits per heavy atom. The third kappa shape index (κ3) is 19.6. The van der Waals surface area contributed by atoms with Crippen molar-refractivity contribution < 1.29 is 80.6 Å². The van der Waals surface area contributed by atoms with Gasteiger partial charge in [-0.3, -0.25) is 28.8 Å². The van der Waals surface area contributed by atoms with Gasteiger partial charge in [0.1, 0.15) is 66.9 Å². The van der Waals surface area contributed by atoms with Crippen molar-refractivity contribution in [3.05, 3.63) is 190 Å². The van der Waals surface area contributed by atoms with Crippen molar-refractivity contribution in [2.24, 2.45) is 0 Å². The Morgan fingerprint density at radius 1 is 0.475 bits per heavy atom. The zero-order valence-electron chi connectivity index (χ0n) is 41.7.